The zero-order valence-corrected chi connectivity index (χ0v) is 6.97. The summed E-state index contributed by atoms with van der Waals surface area (Å²) >= 11 is 0. The molecule has 0 aliphatic carbocycles. The van der Waals surface area contributed by atoms with Crippen LogP contribution in [0.3, 0.4) is 0 Å². The summed E-state index contributed by atoms with van der Waals surface area (Å²) in [6.45, 7) is 5.88. The topological polar surface area (TPSA) is 0 Å². The van der Waals surface area contributed by atoms with Gasteiger partial charge in [0.25, 0.3) is 0 Å². The van der Waals surface area contributed by atoms with E-state index < -0.39 is 0 Å². The lowest BCUT2D eigenvalue weighted by atomic mass is 10.2. The smallest absolute Gasteiger partial charge is 0.0316 e. The van der Waals surface area contributed by atoms with E-state index in [4.69, 9.17) is 0 Å². The van der Waals surface area contributed by atoms with Gasteiger partial charge in [0.15, 0.2) is 0 Å². The fourth-order valence-electron chi connectivity index (χ4n) is 0.772. The highest BCUT2D eigenvalue weighted by atomic mass is 13.8. The van der Waals surface area contributed by atoms with Gasteiger partial charge in [-0.05, 0) is 19.3 Å². The molecule has 0 aromatic rings. The lowest BCUT2D eigenvalue weighted by molar-refractivity contribution is 0.811. The Kier molecular flexibility index (Phi) is 8.04. The summed E-state index contributed by atoms with van der Waals surface area (Å²) in [5.41, 5.74) is 0. The van der Waals surface area contributed by atoms with Gasteiger partial charge in [0.05, 0.1) is 0 Å². The number of hydrogen-bond donors (Lipinski definition) is 0. The second kappa shape index (κ2) is 8.48. The third-order valence-electron chi connectivity index (χ3n) is 1.43. The summed E-state index contributed by atoms with van der Waals surface area (Å²) in [7, 11) is 0. The maximum Gasteiger partial charge on any atom is -0.0316 e. The van der Waals surface area contributed by atoms with Crippen LogP contribution in [0.5, 0.6) is 0 Å². The fraction of sp³-hybridized carbons (Fsp3) is 0.600. The molecule has 0 spiro atoms. The van der Waals surface area contributed by atoms with E-state index in [0.717, 1.165) is 12.8 Å². The summed E-state index contributed by atoms with van der Waals surface area (Å²) in [4.78, 5) is 0. The number of unbranched alkanes of at least 4 members (excludes halogenated alkanes) is 3. The Morgan fingerprint density at radius 3 is 2.40 bits per heavy atom. The lowest BCUT2D eigenvalue weighted by Crippen LogP contribution is -1.67. The van der Waals surface area contributed by atoms with Crippen LogP contribution in [-0.2, 0) is 0 Å². The molecule has 0 saturated carbocycles. The summed E-state index contributed by atoms with van der Waals surface area (Å²) < 4.78 is 0. The van der Waals surface area contributed by atoms with Crippen LogP contribution in [0.1, 0.15) is 39.0 Å². The van der Waals surface area contributed by atoms with Crippen molar-refractivity contribution in [2.45, 2.75) is 39.0 Å². The third-order valence-corrected chi connectivity index (χ3v) is 1.43. The molecule has 0 aromatic carbocycles. The van der Waals surface area contributed by atoms with E-state index in [2.05, 4.69) is 25.7 Å². The van der Waals surface area contributed by atoms with E-state index in [1.54, 1.807) is 0 Å². The number of hydrogen-bond acceptors (Lipinski definition) is 0. The average Bonchev–Trinajstić information content (AvgIpc) is 1.97. The molecule has 0 atom stereocenters. The van der Waals surface area contributed by atoms with E-state index in [1.165, 1.54) is 19.3 Å². The Labute approximate surface area is 64.6 Å². The van der Waals surface area contributed by atoms with E-state index in [9.17, 15) is 0 Å². The van der Waals surface area contributed by atoms with Gasteiger partial charge in [0, 0.05) is 0 Å². The van der Waals surface area contributed by atoms with Crippen molar-refractivity contribution in [2.75, 3.05) is 0 Å². The summed E-state index contributed by atoms with van der Waals surface area (Å²) in [5, 5.41) is 0. The van der Waals surface area contributed by atoms with Gasteiger partial charge in [-0.15, -0.1) is 6.58 Å². The van der Waals surface area contributed by atoms with Gasteiger partial charge in [-0.1, -0.05) is 38.0 Å². The summed E-state index contributed by atoms with van der Waals surface area (Å²) in [6.07, 6.45) is 12.6. The average molecular weight is 138 g/mol. The normalized spacial score (nSPS) is 10.5. The second-order valence-electron chi connectivity index (χ2n) is 2.48. The molecule has 0 rings (SSSR count). The Morgan fingerprint density at radius 2 is 1.80 bits per heavy atom. The molecule has 0 amide bonds. The van der Waals surface area contributed by atoms with Crippen molar-refractivity contribution in [1.82, 2.24) is 0 Å². The highest BCUT2D eigenvalue weighted by Crippen LogP contribution is 1.97. The van der Waals surface area contributed by atoms with Crippen LogP contribution < -0.4 is 0 Å². The predicted molar refractivity (Wildman–Crippen MR) is 48.1 cm³/mol. The monoisotopic (exact) mass is 138 g/mol. The molecule has 0 unspecified atom stereocenters. The van der Waals surface area contributed by atoms with E-state index in [1.807, 2.05) is 6.08 Å². The van der Waals surface area contributed by atoms with Crippen LogP contribution in [0.2, 0.25) is 0 Å². The molecule has 0 heteroatoms. The molecular weight excluding hydrogens is 120 g/mol. The molecule has 0 aliphatic heterocycles. The molecule has 0 heterocycles. The van der Waals surface area contributed by atoms with E-state index in [0.29, 0.717) is 0 Å². The molecule has 0 aromatic heterocycles. The molecule has 0 fully saturated rings. The van der Waals surface area contributed by atoms with Crippen molar-refractivity contribution in [3.05, 3.63) is 24.8 Å². The fourth-order valence-corrected chi connectivity index (χ4v) is 0.772. The first-order valence-corrected chi connectivity index (χ1v) is 4.17. The molecule has 0 saturated heterocycles. The van der Waals surface area contributed by atoms with Crippen molar-refractivity contribution in [1.29, 1.82) is 0 Å². The van der Waals surface area contributed by atoms with Crippen molar-refractivity contribution >= 4 is 0 Å². The van der Waals surface area contributed by atoms with Gasteiger partial charge in [0.2, 0.25) is 0 Å². The van der Waals surface area contributed by atoms with Crippen LogP contribution in [-0.4, -0.2) is 0 Å². The molecule has 0 bridgehead atoms. The highest BCUT2D eigenvalue weighted by molar-refractivity contribution is 4.83. The summed E-state index contributed by atoms with van der Waals surface area (Å²) in [6, 6.07) is 0. The minimum atomic E-state index is 1.11. The van der Waals surface area contributed by atoms with Gasteiger partial charge in [-0.2, -0.15) is 0 Å². The van der Waals surface area contributed by atoms with Crippen molar-refractivity contribution in [3.63, 3.8) is 0 Å². The summed E-state index contributed by atoms with van der Waals surface area (Å²) in [5.74, 6) is 0. The molecule has 0 aliphatic rings. The zero-order chi connectivity index (χ0) is 7.66. The molecular formula is C10H18. The van der Waals surface area contributed by atoms with Crippen molar-refractivity contribution in [3.8, 4) is 0 Å². The van der Waals surface area contributed by atoms with Gasteiger partial charge in [-0.25, -0.2) is 0 Å². The van der Waals surface area contributed by atoms with E-state index in [-0.39, 0.29) is 0 Å². The third kappa shape index (κ3) is 7.48. The molecule has 0 radical (unpaired) electrons. The maximum atomic E-state index is 3.66. The van der Waals surface area contributed by atoms with Crippen LogP contribution in [0.4, 0.5) is 0 Å². The highest BCUT2D eigenvalue weighted by Gasteiger charge is 1.77. The van der Waals surface area contributed by atoms with Gasteiger partial charge in [-0.3, -0.25) is 0 Å². The number of allylic oxidation sites excluding steroid dienone is 3. The Balaban J connectivity index is 2.96. The first kappa shape index (κ1) is 9.48. The molecule has 10 heavy (non-hydrogen) atoms. The van der Waals surface area contributed by atoms with Gasteiger partial charge >= 0.3 is 0 Å². The Morgan fingerprint density at radius 1 is 1.10 bits per heavy atom. The molecule has 0 N–H and O–H groups in total. The first-order valence-electron chi connectivity index (χ1n) is 4.17. The quantitative estimate of drug-likeness (QED) is 0.388. The Hall–Kier alpha value is -0.520. The Bertz CT molecular complexity index is 90.2. The van der Waals surface area contributed by atoms with Crippen molar-refractivity contribution < 1.29 is 0 Å². The van der Waals surface area contributed by atoms with Crippen LogP contribution >= 0.6 is 0 Å². The SMILES string of the molecule is C=CCCC=CCCCC. The van der Waals surface area contributed by atoms with Crippen LogP contribution in [0.25, 0.3) is 0 Å². The van der Waals surface area contributed by atoms with Crippen LogP contribution in [0.15, 0.2) is 24.8 Å². The van der Waals surface area contributed by atoms with Crippen LogP contribution in [0, 0.1) is 0 Å². The molecule has 0 nitrogen and oxygen atoms in total. The molecule has 58 valence electrons. The predicted octanol–water partition coefficient (Wildman–Crippen LogP) is 3.70. The minimum absolute atomic E-state index is 1.11. The first-order chi connectivity index (χ1) is 4.91. The number of rotatable bonds is 6. The zero-order valence-electron chi connectivity index (χ0n) is 6.97. The largest absolute Gasteiger partial charge is 0.103 e. The van der Waals surface area contributed by atoms with Crippen molar-refractivity contribution in [2.24, 2.45) is 0 Å². The maximum absolute atomic E-state index is 3.66. The second-order valence-corrected chi connectivity index (χ2v) is 2.48. The van der Waals surface area contributed by atoms with Gasteiger partial charge < -0.3 is 0 Å². The minimum Gasteiger partial charge on any atom is -0.103 e. The lowest BCUT2D eigenvalue weighted by Gasteiger charge is -1.87. The van der Waals surface area contributed by atoms with Gasteiger partial charge in [0.1, 0.15) is 0 Å². The van der Waals surface area contributed by atoms with E-state index >= 15 is 0 Å². The standard InChI is InChI=1S/C10H18/c1-3-5-7-9-10-8-6-4-2/h3,9-10H,1,4-8H2,2H3.